The van der Waals surface area contributed by atoms with E-state index in [1.54, 1.807) is 16.6 Å². The standard InChI is InChI=1S/C17H24ClN5O/c1-12(2)9-15(13-5-7-14(18)8-6-13)21-17(24)22(3)10-16-19-11-20-23(16)4/h5-8,11-12,15H,9-10H2,1-4H3,(H,21,24)/t15-/m0/s1. The molecule has 0 fully saturated rings. The van der Waals surface area contributed by atoms with E-state index in [4.69, 9.17) is 11.6 Å². The lowest BCUT2D eigenvalue weighted by atomic mass is 9.97. The van der Waals surface area contributed by atoms with Crippen molar-refractivity contribution in [2.75, 3.05) is 7.05 Å². The zero-order chi connectivity index (χ0) is 17.7. The molecule has 0 saturated heterocycles. The average molecular weight is 350 g/mol. The summed E-state index contributed by atoms with van der Waals surface area (Å²) < 4.78 is 1.66. The van der Waals surface area contributed by atoms with Crippen LogP contribution in [0.1, 0.15) is 37.7 Å². The van der Waals surface area contributed by atoms with Gasteiger partial charge in [-0.1, -0.05) is 37.6 Å². The predicted octanol–water partition coefficient (Wildman–Crippen LogP) is 3.40. The smallest absolute Gasteiger partial charge is 0.318 e. The minimum absolute atomic E-state index is 0.0586. The van der Waals surface area contributed by atoms with E-state index < -0.39 is 0 Å². The van der Waals surface area contributed by atoms with Gasteiger partial charge in [-0.25, -0.2) is 9.78 Å². The highest BCUT2D eigenvalue weighted by molar-refractivity contribution is 6.30. The van der Waals surface area contributed by atoms with Gasteiger partial charge in [0, 0.05) is 19.1 Å². The van der Waals surface area contributed by atoms with Crippen LogP contribution in [0.15, 0.2) is 30.6 Å². The number of urea groups is 1. The number of rotatable bonds is 6. The zero-order valence-corrected chi connectivity index (χ0v) is 15.3. The molecular formula is C17H24ClN5O. The van der Waals surface area contributed by atoms with Crippen molar-refractivity contribution in [1.82, 2.24) is 25.0 Å². The minimum Gasteiger partial charge on any atom is -0.331 e. The summed E-state index contributed by atoms with van der Waals surface area (Å²) in [6, 6.07) is 7.41. The van der Waals surface area contributed by atoms with Crippen LogP contribution in [-0.4, -0.2) is 32.7 Å². The van der Waals surface area contributed by atoms with E-state index in [0.29, 0.717) is 17.5 Å². The Morgan fingerprint density at radius 1 is 1.33 bits per heavy atom. The van der Waals surface area contributed by atoms with Crippen LogP contribution in [0.4, 0.5) is 4.79 Å². The number of carbonyl (C=O) groups excluding carboxylic acids is 1. The first-order chi connectivity index (χ1) is 11.4. The van der Waals surface area contributed by atoms with Gasteiger partial charge in [-0.3, -0.25) is 4.68 Å². The van der Waals surface area contributed by atoms with Gasteiger partial charge in [0.1, 0.15) is 12.2 Å². The van der Waals surface area contributed by atoms with Gasteiger partial charge >= 0.3 is 6.03 Å². The number of halogens is 1. The summed E-state index contributed by atoms with van der Waals surface area (Å²) in [6.07, 6.45) is 2.33. The Morgan fingerprint density at radius 3 is 2.54 bits per heavy atom. The first-order valence-corrected chi connectivity index (χ1v) is 8.34. The molecule has 24 heavy (non-hydrogen) atoms. The molecule has 0 aliphatic carbocycles. The molecule has 6 nitrogen and oxygen atoms in total. The molecule has 0 unspecified atom stereocenters. The summed E-state index contributed by atoms with van der Waals surface area (Å²) in [5.74, 6) is 1.19. The van der Waals surface area contributed by atoms with Crippen molar-refractivity contribution in [2.24, 2.45) is 13.0 Å². The molecule has 1 N–H and O–H groups in total. The Hall–Kier alpha value is -2.08. The molecule has 2 aromatic rings. The zero-order valence-electron chi connectivity index (χ0n) is 14.5. The average Bonchev–Trinajstić information content (AvgIpc) is 2.92. The molecule has 1 heterocycles. The van der Waals surface area contributed by atoms with E-state index in [2.05, 4.69) is 29.2 Å². The van der Waals surface area contributed by atoms with Crippen LogP contribution in [-0.2, 0) is 13.6 Å². The number of aromatic nitrogens is 3. The molecule has 0 aliphatic heterocycles. The second-order valence-corrected chi connectivity index (χ2v) is 6.78. The van der Waals surface area contributed by atoms with Crippen LogP contribution >= 0.6 is 11.6 Å². The second kappa shape index (κ2) is 8.15. The van der Waals surface area contributed by atoms with E-state index in [-0.39, 0.29) is 12.1 Å². The van der Waals surface area contributed by atoms with E-state index in [0.717, 1.165) is 17.8 Å². The molecular weight excluding hydrogens is 326 g/mol. The Balaban J connectivity index is 2.06. The first-order valence-electron chi connectivity index (χ1n) is 7.96. The van der Waals surface area contributed by atoms with Crippen molar-refractivity contribution in [1.29, 1.82) is 0 Å². The maximum atomic E-state index is 12.5. The van der Waals surface area contributed by atoms with Crippen molar-refractivity contribution in [3.8, 4) is 0 Å². The van der Waals surface area contributed by atoms with Gasteiger partial charge in [0.25, 0.3) is 0 Å². The molecule has 0 radical (unpaired) electrons. The monoisotopic (exact) mass is 349 g/mol. The van der Waals surface area contributed by atoms with Crippen LogP contribution < -0.4 is 5.32 Å². The Morgan fingerprint density at radius 2 is 2.00 bits per heavy atom. The molecule has 1 aromatic heterocycles. The van der Waals surface area contributed by atoms with Gasteiger partial charge in [0.15, 0.2) is 0 Å². The normalized spacial score (nSPS) is 12.2. The fraction of sp³-hybridized carbons (Fsp3) is 0.471. The summed E-state index contributed by atoms with van der Waals surface area (Å²) in [6.45, 7) is 4.67. The molecule has 0 spiro atoms. The van der Waals surface area contributed by atoms with Crippen LogP contribution in [0.3, 0.4) is 0 Å². The topological polar surface area (TPSA) is 63.1 Å². The summed E-state index contributed by atoms with van der Waals surface area (Å²) in [5, 5.41) is 7.81. The van der Waals surface area contributed by atoms with Gasteiger partial charge in [0.2, 0.25) is 0 Å². The lowest BCUT2D eigenvalue weighted by Crippen LogP contribution is -2.39. The molecule has 130 valence electrons. The highest BCUT2D eigenvalue weighted by Gasteiger charge is 2.19. The molecule has 0 saturated carbocycles. The van der Waals surface area contributed by atoms with E-state index in [9.17, 15) is 4.79 Å². The minimum atomic E-state index is -0.140. The number of benzene rings is 1. The van der Waals surface area contributed by atoms with Crippen molar-refractivity contribution >= 4 is 17.6 Å². The third-order valence-electron chi connectivity index (χ3n) is 3.81. The number of carbonyl (C=O) groups is 1. The van der Waals surface area contributed by atoms with Crippen molar-refractivity contribution in [2.45, 2.75) is 32.9 Å². The molecule has 0 bridgehead atoms. The van der Waals surface area contributed by atoms with Crippen molar-refractivity contribution in [3.05, 3.63) is 47.0 Å². The second-order valence-electron chi connectivity index (χ2n) is 6.34. The Bertz CT molecular complexity index is 668. The molecule has 1 atom stereocenters. The number of amides is 2. The van der Waals surface area contributed by atoms with E-state index in [1.807, 2.05) is 31.3 Å². The Labute approximate surface area is 147 Å². The van der Waals surface area contributed by atoms with Gasteiger partial charge in [-0.15, -0.1) is 0 Å². The maximum absolute atomic E-state index is 12.5. The van der Waals surface area contributed by atoms with Crippen molar-refractivity contribution in [3.63, 3.8) is 0 Å². The number of hydrogen-bond acceptors (Lipinski definition) is 3. The highest BCUT2D eigenvalue weighted by Crippen LogP contribution is 2.23. The number of nitrogens with one attached hydrogen (secondary N) is 1. The number of nitrogens with zero attached hydrogens (tertiary/aromatic N) is 4. The number of aryl methyl sites for hydroxylation is 1. The molecule has 0 aliphatic rings. The molecule has 1 aromatic carbocycles. The lowest BCUT2D eigenvalue weighted by molar-refractivity contribution is 0.199. The Kier molecular flexibility index (Phi) is 6.20. The summed E-state index contributed by atoms with van der Waals surface area (Å²) in [7, 11) is 3.56. The van der Waals surface area contributed by atoms with Crippen LogP contribution in [0, 0.1) is 5.92 Å². The maximum Gasteiger partial charge on any atom is 0.318 e. The van der Waals surface area contributed by atoms with Crippen LogP contribution in [0.2, 0.25) is 5.02 Å². The largest absolute Gasteiger partial charge is 0.331 e. The van der Waals surface area contributed by atoms with Crippen LogP contribution in [0.25, 0.3) is 0 Å². The summed E-state index contributed by atoms with van der Waals surface area (Å²) >= 11 is 5.96. The molecule has 2 rings (SSSR count). The highest BCUT2D eigenvalue weighted by atomic mass is 35.5. The summed E-state index contributed by atoms with van der Waals surface area (Å²) in [4.78, 5) is 18.3. The third-order valence-corrected chi connectivity index (χ3v) is 4.06. The first kappa shape index (κ1) is 18.3. The lowest BCUT2D eigenvalue weighted by Gasteiger charge is -2.25. The van der Waals surface area contributed by atoms with E-state index >= 15 is 0 Å². The predicted molar refractivity (Wildman–Crippen MR) is 94.6 cm³/mol. The van der Waals surface area contributed by atoms with Gasteiger partial charge in [0.05, 0.1) is 12.6 Å². The van der Waals surface area contributed by atoms with Gasteiger partial charge in [-0.2, -0.15) is 5.10 Å². The van der Waals surface area contributed by atoms with Crippen molar-refractivity contribution < 1.29 is 4.79 Å². The van der Waals surface area contributed by atoms with Crippen LogP contribution in [0.5, 0.6) is 0 Å². The number of hydrogen-bond donors (Lipinski definition) is 1. The third kappa shape index (κ3) is 4.96. The SMILES string of the molecule is CC(C)C[C@H](NC(=O)N(C)Cc1ncnn1C)c1ccc(Cl)cc1. The quantitative estimate of drug-likeness (QED) is 0.869. The fourth-order valence-electron chi connectivity index (χ4n) is 2.45. The van der Waals surface area contributed by atoms with E-state index in [1.165, 1.54) is 6.33 Å². The van der Waals surface area contributed by atoms with Gasteiger partial charge in [-0.05, 0) is 30.0 Å². The van der Waals surface area contributed by atoms with Gasteiger partial charge < -0.3 is 10.2 Å². The molecule has 7 heteroatoms. The summed E-state index contributed by atoms with van der Waals surface area (Å²) in [5.41, 5.74) is 1.05. The fourth-order valence-corrected chi connectivity index (χ4v) is 2.58. The molecule has 2 amide bonds.